The average Bonchev–Trinajstić information content (AvgIpc) is 2.73. The van der Waals surface area contributed by atoms with E-state index in [2.05, 4.69) is 4.99 Å². The van der Waals surface area contributed by atoms with Crippen molar-refractivity contribution in [1.29, 1.82) is 0 Å². The van der Waals surface area contributed by atoms with E-state index in [-0.39, 0.29) is 23.7 Å². The third kappa shape index (κ3) is 4.28. The van der Waals surface area contributed by atoms with Crippen molar-refractivity contribution in [3.63, 3.8) is 0 Å². The number of esters is 1. The van der Waals surface area contributed by atoms with Gasteiger partial charge in [0.25, 0.3) is 0 Å². The molecule has 0 spiro atoms. The van der Waals surface area contributed by atoms with E-state index < -0.39 is 40.8 Å². The third-order valence-electron chi connectivity index (χ3n) is 5.20. The summed E-state index contributed by atoms with van der Waals surface area (Å²) >= 11 is 0. The molecule has 0 aromatic heterocycles. The summed E-state index contributed by atoms with van der Waals surface area (Å²) in [5.74, 6) is -5.53. The molecular weight excluding hydrogens is 425 g/mol. The highest BCUT2D eigenvalue weighted by Crippen LogP contribution is 2.46. The van der Waals surface area contributed by atoms with Crippen LogP contribution < -0.4 is 15.2 Å². The molecular formula is C23H23F3N2O4. The van der Waals surface area contributed by atoms with Gasteiger partial charge in [-0.1, -0.05) is 0 Å². The first kappa shape index (κ1) is 23.2. The quantitative estimate of drug-likeness (QED) is 0.671. The minimum Gasteiger partial charge on any atom is -0.497 e. The largest absolute Gasteiger partial charge is 0.497 e. The van der Waals surface area contributed by atoms with Crippen LogP contribution in [0.1, 0.15) is 30.9 Å². The number of hydrogen-bond donors (Lipinski definition) is 1. The predicted molar refractivity (Wildman–Crippen MR) is 113 cm³/mol. The van der Waals surface area contributed by atoms with Crippen molar-refractivity contribution in [3.05, 3.63) is 64.6 Å². The highest BCUT2D eigenvalue weighted by molar-refractivity contribution is 6.06. The highest BCUT2D eigenvalue weighted by atomic mass is 19.1. The number of rotatable bonds is 6. The van der Waals surface area contributed by atoms with Gasteiger partial charge in [-0.3, -0.25) is 4.79 Å². The molecule has 1 aliphatic rings. The molecule has 1 aliphatic heterocycles. The van der Waals surface area contributed by atoms with Gasteiger partial charge in [-0.15, -0.1) is 0 Å². The van der Waals surface area contributed by atoms with Gasteiger partial charge in [0.2, 0.25) is 0 Å². The molecule has 0 saturated carbocycles. The van der Waals surface area contributed by atoms with E-state index in [9.17, 15) is 18.0 Å². The van der Waals surface area contributed by atoms with Gasteiger partial charge in [0.15, 0.2) is 0 Å². The monoisotopic (exact) mass is 448 g/mol. The fourth-order valence-corrected chi connectivity index (χ4v) is 3.88. The number of ether oxygens (including phenoxy) is 3. The predicted octanol–water partition coefficient (Wildman–Crippen LogP) is 4.19. The van der Waals surface area contributed by atoms with Crippen molar-refractivity contribution in [3.8, 4) is 11.5 Å². The zero-order valence-corrected chi connectivity index (χ0v) is 18.0. The second-order valence-corrected chi connectivity index (χ2v) is 7.13. The lowest BCUT2D eigenvalue weighted by Gasteiger charge is -2.33. The molecule has 9 heteroatoms. The van der Waals surface area contributed by atoms with Crippen LogP contribution >= 0.6 is 0 Å². The summed E-state index contributed by atoms with van der Waals surface area (Å²) in [7, 11) is 2.89. The van der Waals surface area contributed by atoms with E-state index in [0.717, 1.165) is 0 Å². The number of methoxy groups -OCH3 is 2. The van der Waals surface area contributed by atoms with E-state index in [1.165, 1.54) is 21.1 Å². The fraction of sp³-hybridized carbons (Fsp3) is 0.304. The number of nitrogens with zero attached hydrogens (tertiary/aromatic N) is 1. The Bertz CT molecular complexity index is 1070. The van der Waals surface area contributed by atoms with Gasteiger partial charge in [0.05, 0.1) is 26.4 Å². The molecule has 2 N–H and O–H groups in total. The van der Waals surface area contributed by atoms with Crippen LogP contribution in [0.25, 0.3) is 5.57 Å². The topological polar surface area (TPSA) is 83.1 Å². The molecule has 3 rings (SSSR count). The van der Waals surface area contributed by atoms with Crippen LogP contribution in [0.2, 0.25) is 0 Å². The summed E-state index contributed by atoms with van der Waals surface area (Å²) in [6.07, 6.45) is 0. The normalized spacial score (nSPS) is 18.3. The molecule has 170 valence electrons. The Balaban J connectivity index is 2.35. The van der Waals surface area contributed by atoms with Gasteiger partial charge in [0, 0.05) is 29.8 Å². The van der Waals surface area contributed by atoms with E-state index in [4.69, 9.17) is 19.9 Å². The van der Waals surface area contributed by atoms with E-state index in [0.29, 0.717) is 29.2 Å². The maximum atomic E-state index is 14.9. The third-order valence-corrected chi connectivity index (χ3v) is 5.20. The fourth-order valence-electron chi connectivity index (χ4n) is 3.88. The van der Waals surface area contributed by atoms with Gasteiger partial charge < -0.3 is 19.9 Å². The zero-order valence-electron chi connectivity index (χ0n) is 18.0. The van der Waals surface area contributed by atoms with Gasteiger partial charge in [0.1, 0.15) is 40.7 Å². The molecule has 0 saturated heterocycles. The van der Waals surface area contributed by atoms with Crippen LogP contribution in [0.3, 0.4) is 0 Å². The van der Waals surface area contributed by atoms with Crippen molar-refractivity contribution in [2.24, 2.45) is 16.6 Å². The minimum absolute atomic E-state index is 0.0440. The molecule has 0 aliphatic carbocycles. The van der Waals surface area contributed by atoms with Crippen LogP contribution in [-0.4, -0.2) is 32.6 Å². The van der Waals surface area contributed by atoms with Gasteiger partial charge in [-0.2, -0.15) is 0 Å². The standard InChI is InChI=1S/C23H23F3N2O4/c1-5-32-23(29)21-19(12-6-14(30-3)10-15(7-12)31-4)18(11(2)28-22(21)27)20-16(25)8-13(24)9-17(20)26/h6-10,19,21H,5H2,1-4H3,(H2,27,28). The summed E-state index contributed by atoms with van der Waals surface area (Å²) in [5, 5.41) is 0. The average molecular weight is 448 g/mol. The SMILES string of the molecule is CCOC(=O)C1C(N)=NC(C)=C(c2c(F)cc(F)cc2F)C1c1cc(OC)cc(OC)c1. The van der Waals surface area contributed by atoms with Gasteiger partial charge in [-0.25, -0.2) is 18.2 Å². The van der Waals surface area contributed by atoms with Crippen LogP contribution in [-0.2, 0) is 9.53 Å². The Morgan fingerprint density at radius 3 is 2.09 bits per heavy atom. The molecule has 1 heterocycles. The lowest BCUT2D eigenvalue weighted by molar-refractivity contribution is -0.145. The summed E-state index contributed by atoms with van der Waals surface area (Å²) in [6, 6.07) is 5.96. The molecule has 32 heavy (non-hydrogen) atoms. The number of carbonyl (C=O) groups is 1. The molecule has 6 nitrogen and oxygen atoms in total. The number of halogens is 3. The highest BCUT2D eigenvalue weighted by Gasteiger charge is 2.42. The van der Waals surface area contributed by atoms with E-state index in [1.54, 1.807) is 25.1 Å². The summed E-state index contributed by atoms with van der Waals surface area (Å²) in [5.41, 5.74) is 6.27. The number of allylic oxidation sites excluding steroid dienone is 2. The molecule has 0 bridgehead atoms. The minimum atomic E-state index is -1.19. The number of aliphatic imine (C=N–C) groups is 1. The molecule has 2 aromatic rings. The number of hydrogen-bond acceptors (Lipinski definition) is 6. The number of carbonyl (C=O) groups excluding carboxylic acids is 1. The molecule has 2 aromatic carbocycles. The Kier molecular flexibility index (Phi) is 6.76. The van der Waals surface area contributed by atoms with Crippen molar-refractivity contribution in [1.82, 2.24) is 0 Å². The maximum absolute atomic E-state index is 14.9. The van der Waals surface area contributed by atoms with Crippen LogP contribution in [0, 0.1) is 23.4 Å². The second-order valence-electron chi connectivity index (χ2n) is 7.13. The van der Waals surface area contributed by atoms with Crippen LogP contribution in [0.15, 0.2) is 41.0 Å². The lowest BCUT2D eigenvalue weighted by Crippen LogP contribution is -2.39. The Hall–Kier alpha value is -3.49. The van der Waals surface area contributed by atoms with Crippen molar-refractivity contribution in [2.75, 3.05) is 20.8 Å². The van der Waals surface area contributed by atoms with E-state index >= 15 is 0 Å². The van der Waals surface area contributed by atoms with Crippen molar-refractivity contribution < 1.29 is 32.2 Å². The van der Waals surface area contributed by atoms with Crippen molar-refractivity contribution in [2.45, 2.75) is 19.8 Å². The Morgan fingerprint density at radius 2 is 1.59 bits per heavy atom. The first-order chi connectivity index (χ1) is 15.2. The molecule has 2 unspecified atom stereocenters. The maximum Gasteiger partial charge on any atom is 0.317 e. The summed E-state index contributed by atoms with van der Waals surface area (Å²) < 4.78 is 59.2. The van der Waals surface area contributed by atoms with Crippen LogP contribution in [0.4, 0.5) is 13.2 Å². The Labute approximate surface area is 183 Å². The van der Waals surface area contributed by atoms with Gasteiger partial charge >= 0.3 is 5.97 Å². The Morgan fingerprint density at radius 1 is 1.03 bits per heavy atom. The lowest BCUT2D eigenvalue weighted by atomic mass is 9.74. The molecule has 2 atom stereocenters. The first-order valence-electron chi connectivity index (χ1n) is 9.81. The molecule has 0 radical (unpaired) electrons. The zero-order chi connectivity index (χ0) is 23.6. The van der Waals surface area contributed by atoms with Crippen molar-refractivity contribution >= 4 is 17.4 Å². The van der Waals surface area contributed by atoms with Crippen LogP contribution in [0.5, 0.6) is 11.5 Å². The number of amidine groups is 1. The molecule has 0 fully saturated rings. The summed E-state index contributed by atoms with van der Waals surface area (Å²) in [4.78, 5) is 17.1. The van der Waals surface area contributed by atoms with E-state index in [1.807, 2.05) is 0 Å². The smallest absolute Gasteiger partial charge is 0.317 e. The first-order valence-corrected chi connectivity index (χ1v) is 9.81. The number of benzene rings is 2. The summed E-state index contributed by atoms with van der Waals surface area (Å²) in [6.45, 7) is 3.20. The number of nitrogens with two attached hydrogens (primary N) is 1. The second kappa shape index (κ2) is 9.33. The van der Waals surface area contributed by atoms with Gasteiger partial charge in [-0.05, 0) is 37.1 Å². The molecule has 0 amide bonds.